The van der Waals surface area contributed by atoms with Gasteiger partial charge in [-0.25, -0.2) is 0 Å². The van der Waals surface area contributed by atoms with Gasteiger partial charge in [-0.15, -0.1) is 0 Å². The Balaban J connectivity index is 1.77. The van der Waals surface area contributed by atoms with Crippen LogP contribution >= 0.6 is 0 Å². The Hall–Kier alpha value is -1.79. The van der Waals surface area contributed by atoms with Crippen LogP contribution < -0.4 is 20.5 Å². The number of piperidine rings is 1. The van der Waals surface area contributed by atoms with Crippen molar-refractivity contribution < 1.29 is 14.3 Å². The van der Waals surface area contributed by atoms with Gasteiger partial charge in [0, 0.05) is 25.7 Å². The zero-order valence-corrected chi connectivity index (χ0v) is 15.8. The van der Waals surface area contributed by atoms with Crippen molar-refractivity contribution in [1.82, 2.24) is 10.2 Å². The number of rotatable bonds is 7. The number of carbonyl (C=O) groups excluding carboxylic acids is 1. The zero-order chi connectivity index (χ0) is 18.4. The van der Waals surface area contributed by atoms with Gasteiger partial charge in [0.2, 0.25) is 5.91 Å². The topological polar surface area (TPSA) is 76.8 Å². The first-order valence-electron chi connectivity index (χ1n) is 8.81. The second-order valence-corrected chi connectivity index (χ2v) is 7.38. The predicted molar refractivity (Wildman–Crippen MR) is 99.1 cm³/mol. The molecule has 1 aliphatic heterocycles. The average Bonchev–Trinajstić information content (AvgIpc) is 2.57. The lowest BCUT2D eigenvalue weighted by Gasteiger charge is -2.42. The van der Waals surface area contributed by atoms with Gasteiger partial charge in [0.1, 0.15) is 0 Å². The molecule has 140 valence electrons. The molecule has 2 rings (SSSR count). The van der Waals surface area contributed by atoms with Gasteiger partial charge in [-0.1, -0.05) is 19.9 Å². The third-order valence-corrected chi connectivity index (χ3v) is 4.94. The van der Waals surface area contributed by atoms with E-state index in [1.54, 1.807) is 14.2 Å². The van der Waals surface area contributed by atoms with Crippen LogP contribution in [0.3, 0.4) is 0 Å². The maximum Gasteiger partial charge on any atom is 0.234 e. The summed E-state index contributed by atoms with van der Waals surface area (Å²) in [6.45, 7) is 7.11. The van der Waals surface area contributed by atoms with Crippen LogP contribution in [-0.2, 0) is 11.2 Å². The molecule has 1 amide bonds. The van der Waals surface area contributed by atoms with Gasteiger partial charge < -0.3 is 20.5 Å². The number of benzene rings is 1. The largest absolute Gasteiger partial charge is 0.493 e. The van der Waals surface area contributed by atoms with E-state index < -0.39 is 0 Å². The molecule has 0 bridgehead atoms. The molecule has 1 aromatic carbocycles. The van der Waals surface area contributed by atoms with Gasteiger partial charge in [-0.2, -0.15) is 0 Å². The van der Waals surface area contributed by atoms with Gasteiger partial charge in [0.25, 0.3) is 0 Å². The number of likely N-dealkylation sites (tertiary alicyclic amines) is 1. The summed E-state index contributed by atoms with van der Waals surface area (Å²) in [4.78, 5) is 14.4. The number of nitrogens with two attached hydrogens (primary N) is 1. The Bertz CT molecular complexity index is 589. The fourth-order valence-corrected chi connectivity index (χ4v) is 3.26. The maximum atomic E-state index is 12.2. The highest BCUT2D eigenvalue weighted by atomic mass is 16.5. The lowest BCUT2D eigenvalue weighted by atomic mass is 9.80. The van der Waals surface area contributed by atoms with Gasteiger partial charge in [0.05, 0.1) is 20.8 Å². The van der Waals surface area contributed by atoms with E-state index >= 15 is 0 Å². The highest BCUT2D eigenvalue weighted by Gasteiger charge is 2.33. The summed E-state index contributed by atoms with van der Waals surface area (Å²) in [5.41, 5.74) is 7.30. The van der Waals surface area contributed by atoms with Crippen molar-refractivity contribution in [2.45, 2.75) is 32.7 Å². The molecule has 1 aliphatic rings. The van der Waals surface area contributed by atoms with Crippen molar-refractivity contribution in [3.05, 3.63) is 23.8 Å². The highest BCUT2D eigenvalue weighted by Crippen LogP contribution is 2.28. The third-order valence-electron chi connectivity index (χ3n) is 4.94. The van der Waals surface area contributed by atoms with E-state index in [1.165, 1.54) is 0 Å². The SMILES string of the molecule is COc1ccc(CCNC(=O)CN2CCC(N)C(C)(C)C2)cc1OC. The molecular formula is C19H31N3O3. The summed E-state index contributed by atoms with van der Waals surface area (Å²) in [7, 11) is 3.24. The van der Waals surface area contributed by atoms with Crippen molar-refractivity contribution in [2.75, 3.05) is 40.4 Å². The van der Waals surface area contributed by atoms with Crippen molar-refractivity contribution in [3.8, 4) is 11.5 Å². The number of ether oxygens (including phenoxy) is 2. The molecule has 1 atom stereocenters. The third kappa shape index (κ3) is 5.34. The molecule has 1 fully saturated rings. The second kappa shape index (κ2) is 8.54. The molecule has 0 aromatic heterocycles. The predicted octanol–water partition coefficient (Wildman–Crippen LogP) is 1.42. The van der Waals surface area contributed by atoms with Gasteiger partial charge in [-0.3, -0.25) is 9.69 Å². The molecule has 25 heavy (non-hydrogen) atoms. The molecule has 1 unspecified atom stereocenters. The van der Waals surface area contributed by atoms with Crippen molar-refractivity contribution in [2.24, 2.45) is 11.1 Å². The van der Waals surface area contributed by atoms with Crippen LogP contribution in [0.5, 0.6) is 11.5 Å². The van der Waals surface area contributed by atoms with Crippen molar-refractivity contribution in [1.29, 1.82) is 0 Å². The van der Waals surface area contributed by atoms with E-state index in [2.05, 4.69) is 24.1 Å². The molecule has 0 radical (unpaired) electrons. The molecular weight excluding hydrogens is 318 g/mol. The molecule has 1 heterocycles. The summed E-state index contributed by atoms with van der Waals surface area (Å²) in [6.07, 6.45) is 1.69. The normalized spacial score (nSPS) is 20.1. The van der Waals surface area contributed by atoms with Crippen LogP contribution in [0, 0.1) is 5.41 Å². The van der Waals surface area contributed by atoms with Gasteiger partial charge in [0.15, 0.2) is 11.5 Å². The molecule has 3 N–H and O–H groups in total. The minimum atomic E-state index is 0.0537. The van der Waals surface area contributed by atoms with Crippen molar-refractivity contribution in [3.63, 3.8) is 0 Å². The van der Waals surface area contributed by atoms with E-state index in [0.29, 0.717) is 24.6 Å². The van der Waals surface area contributed by atoms with Crippen LogP contribution in [-0.4, -0.2) is 57.2 Å². The summed E-state index contributed by atoms with van der Waals surface area (Å²) in [6, 6.07) is 6.02. The number of methoxy groups -OCH3 is 2. The second-order valence-electron chi connectivity index (χ2n) is 7.38. The molecule has 6 heteroatoms. The van der Waals surface area contributed by atoms with Crippen LogP contribution in [0.1, 0.15) is 25.8 Å². The number of nitrogens with zero attached hydrogens (tertiary/aromatic N) is 1. The zero-order valence-electron chi connectivity index (χ0n) is 15.8. The fourth-order valence-electron chi connectivity index (χ4n) is 3.26. The first-order valence-corrected chi connectivity index (χ1v) is 8.81. The average molecular weight is 349 g/mol. The lowest BCUT2D eigenvalue weighted by Crippen LogP contribution is -2.54. The first kappa shape index (κ1) is 19.5. The number of hydrogen-bond acceptors (Lipinski definition) is 5. The van der Waals surface area contributed by atoms with Crippen molar-refractivity contribution >= 4 is 5.91 Å². The summed E-state index contributed by atoms with van der Waals surface area (Å²) in [5, 5.41) is 3.00. The Morgan fingerprint density at radius 3 is 2.68 bits per heavy atom. The molecule has 0 saturated carbocycles. The quantitative estimate of drug-likeness (QED) is 0.779. The molecule has 0 aliphatic carbocycles. The van der Waals surface area contributed by atoms with E-state index in [4.69, 9.17) is 15.2 Å². The smallest absolute Gasteiger partial charge is 0.234 e. The monoisotopic (exact) mass is 349 g/mol. The Morgan fingerprint density at radius 2 is 2.04 bits per heavy atom. The fraction of sp³-hybridized carbons (Fsp3) is 0.632. The van der Waals surface area contributed by atoms with E-state index in [-0.39, 0.29) is 17.4 Å². The number of hydrogen-bond donors (Lipinski definition) is 2. The summed E-state index contributed by atoms with van der Waals surface area (Å²) >= 11 is 0. The van der Waals surface area contributed by atoms with Gasteiger partial charge in [-0.05, 0) is 36.0 Å². The minimum absolute atomic E-state index is 0.0537. The Kier molecular flexibility index (Phi) is 6.67. The standard InChI is InChI=1S/C19H31N3O3/c1-19(2)13-22(10-8-17(19)20)12-18(23)21-9-7-14-5-6-15(24-3)16(11-14)25-4/h5-6,11,17H,7-10,12-13,20H2,1-4H3,(H,21,23). The lowest BCUT2D eigenvalue weighted by molar-refractivity contribution is -0.123. The Labute approximate surface area is 150 Å². The van der Waals surface area contributed by atoms with E-state index in [0.717, 1.165) is 31.5 Å². The van der Waals surface area contributed by atoms with E-state index in [9.17, 15) is 4.79 Å². The summed E-state index contributed by atoms with van der Waals surface area (Å²) in [5.74, 6) is 1.48. The Morgan fingerprint density at radius 1 is 1.32 bits per heavy atom. The van der Waals surface area contributed by atoms with Gasteiger partial charge >= 0.3 is 0 Å². The number of nitrogens with one attached hydrogen (secondary N) is 1. The molecule has 1 aromatic rings. The molecule has 0 spiro atoms. The highest BCUT2D eigenvalue weighted by molar-refractivity contribution is 5.78. The molecule has 1 saturated heterocycles. The number of carbonyl (C=O) groups is 1. The number of amides is 1. The van der Waals surface area contributed by atoms with Crippen LogP contribution in [0.4, 0.5) is 0 Å². The van der Waals surface area contributed by atoms with Crippen LogP contribution in [0.2, 0.25) is 0 Å². The minimum Gasteiger partial charge on any atom is -0.493 e. The molecule has 6 nitrogen and oxygen atoms in total. The van der Waals surface area contributed by atoms with Crippen LogP contribution in [0.15, 0.2) is 18.2 Å². The first-order chi connectivity index (χ1) is 11.9. The summed E-state index contributed by atoms with van der Waals surface area (Å²) < 4.78 is 10.5. The van der Waals surface area contributed by atoms with E-state index in [1.807, 2.05) is 18.2 Å². The maximum absolute atomic E-state index is 12.2. The van der Waals surface area contributed by atoms with Crippen LogP contribution in [0.25, 0.3) is 0 Å².